The fourth-order valence-corrected chi connectivity index (χ4v) is 8.86. The van der Waals surface area contributed by atoms with Gasteiger partial charge in [0.05, 0.1) is 44.5 Å². The maximum Gasteiger partial charge on any atom is 0.0542 e. The summed E-state index contributed by atoms with van der Waals surface area (Å²) < 4.78 is 7.33. The van der Waals surface area contributed by atoms with Crippen molar-refractivity contribution in [2.45, 2.75) is 13.8 Å². The van der Waals surface area contributed by atoms with Crippen molar-refractivity contribution < 1.29 is 0 Å². The predicted molar refractivity (Wildman–Crippen MR) is 224 cm³/mol. The first-order chi connectivity index (χ1) is 26.1. The Morgan fingerprint density at radius 3 is 1.15 bits per heavy atom. The number of fused-ring (bicyclic) bond motifs is 9. The van der Waals surface area contributed by atoms with E-state index >= 15 is 0 Å². The Morgan fingerprint density at radius 2 is 0.642 bits per heavy atom. The standard InChI is InChI=1S/C50H35N3/c1-32-23-26-48-40(29-32)41-30-33(2)24-27-49(41)51(48)34-25-28-50-42(31-34)39-17-7-12-22-47(39)53(50)46-21-11-6-16-38(46)37-15-5-10-20-45(37)52-43-18-8-3-13-35(43)36-14-4-9-19-44(36)52/h3-31H,1-2H3. The van der Waals surface area contributed by atoms with E-state index in [2.05, 4.69) is 203 Å². The Hall–Kier alpha value is -6.84. The molecule has 0 aliphatic heterocycles. The molecule has 0 aliphatic carbocycles. The van der Waals surface area contributed by atoms with Gasteiger partial charge in [-0.05, 0) is 86.6 Å². The van der Waals surface area contributed by atoms with Crippen LogP contribution in [-0.2, 0) is 0 Å². The molecule has 0 atom stereocenters. The molecule has 3 aromatic heterocycles. The van der Waals surface area contributed by atoms with Gasteiger partial charge < -0.3 is 13.7 Å². The number of nitrogens with zero attached hydrogens (tertiary/aromatic N) is 3. The summed E-state index contributed by atoms with van der Waals surface area (Å²) in [5, 5.41) is 7.58. The molecule has 11 rings (SSSR count). The van der Waals surface area contributed by atoms with Crippen molar-refractivity contribution in [1.29, 1.82) is 0 Å². The zero-order chi connectivity index (χ0) is 35.2. The van der Waals surface area contributed by atoms with Crippen molar-refractivity contribution in [3.63, 3.8) is 0 Å². The van der Waals surface area contributed by atoms with Gasteiger partial charge in [0.2, 0.25) is 0 Å². The number of hydrogen-bond donors (Lipinski definition) is 0. The van der Waals surface area contributed by atoms with Crippen LogP contribution in [0.15, 0.2) is 176 Å². The lowest BCUT2D eigenvalue weighted by Gasteiger charge is -2.18. The lowest BCUT2D eigenvalue weighted by molar-refractivity contribution is 1.15. The monoisotopic (exact) mass is 677 g/mol. The highest BCUT2D eigenvalue weighted by molar-refractivity contribution is 6.13. The van der Waals surface area contributed by atoms with Gasteiger partial charge in [-0.15, -0.1) is 0 Å². The average Bonchev–Trinajstić information content (AvgIpc) is 3.83. The Labute approximate surface area is 307 Å². The third-order valence-corrected chi connectivity index (χ3v) is 11.2. The minimum Gasteiger partial charge on any atom is -0.309 e. The van der Waals surface area contributed by atoms with Crippen molar-refractivity contribution in [2.75, 3.05) is 0 Å². The molecule has 0 amide bonds. The third-order valence-electron chi connectivity index (χ3n) is 11.2. The van der Waals surface area contributed by atoms with Gasteiger partial charge in [0.15, 0.2) is 0 Å². The Morgan fingerprint density at radius 1 is 0.283 bits per heavy atom. The molecule has 0 aliphatic rings. The topological polar surface area (TPSA) is 14.8 Å². The van der Waals surface area contributed by atoms with Crippen LogP contribution in [0.1, 0.15) is 11.1 Å². The van der Waals surface area contributed by atoms with E-state index in [1.807, 2.05) is 0 Å². The number of aromatic nitrogens is 3. The van der Waals surface area contributed by atoms with Crippen molar-refractivity contribution in [3.05, 3.63) is 187 Å². The molecule has 11 aromatic rings. The van der Waals surface area contributed by atoms with Gasteiger partial charge in [-0.25, -0.2) is 0 Å². The molecule has 8 aromatic carbocycles. The van der Waals surface area contributed by atoms with Crippen LogP contribution in [0.5, 0.6) is 0 Å². The average molecular weight is 678 g/mol. The van der Waals surface area contributed by atoms with E-state index in [1.54, 1.807) is 0 Å². The number of benzene rings is 8. The van der Waals surface area contributed by atoms with Crippen LogP contribution in [0.4, 0.5) is 0 Å². The van der Waals surface area contributed by atoms with Crippen molar-refractivity contribution >= 4 is 65.4 Å². The van der Waals surface area contributed by atoms with Crippen LogP contribution in [0.2, 0.25) is 0 Å². The van der Waals surface area contributed by atoms with E-state index in [-0.39, 0.29) is 0 Å². The molecule has 0 saturated heterocycles. The first-order valence-corrected chi connectivity index (χ1v) is 18.4. The molecule has 0 N–H and O–H groups in total. The second-order valence-electron chi connectivity index (χ2n) is 14.3. The van der Waals surface area contributed by atoms with Gasteiger partial charge in [-0.3, -0.25) is 0 Å². The number of hydrogen-bond acceptors (Lipinski definition) is 0. The molecule has 53 heavy (non-hydrogen) atoms. The number of rotatable bonds is 4. The van der Waals surface area contributed by atoms with Crippen molar-refractivity contribution in [2.24, 2.45) is 0 Å². The second-order valence-corrected chi connectivity index (χ2v) is 14.3. The van der Waals surface area contributed by atoms with Crippen LogP contribution in [0.3, 0.4) is 0 Å². The lowest BCUT2D eigenvalue weighted by Crippen LogP contribution is -2.01. The Kier molecular flexibility index (Phi) is 6.38. The summed E-state index contributed by atoms with van der Waals surface area (Å²) in [6, 6.07) is 64.7. The molecule has 0 spiro atoms. The zero-order valence-electron chi connectivity index (χ0n) is 29.6. The van der Waals surface area contributed by atoms with Crippen LogP contribution < -0.4 is 0 Å². The van der Waals surface area contributed by atoms with E-state index in [0.717, 1.165) is 17.1 Å². The van der Waals surface area contributed by atoms with Gasteiger partial charge in [0.1, 0.15) is 0 Å². The molecular formula is C50H35N3. The van der Waals surface area contributed by atoms with Gasteiger partial charge >= 0.3 is 0 Å². The predicted octanol–water partition coefficient (Wildman–Crippen LogP) is 13.3. The summed E-state index contributed by atoms with van der Waals surface area (Å²) in [4.78, 5) is 0. The summed E-state index contributed by atoms with van der Waals surface area (Å²) in [6.45, 7) is 4.36. The van der Waals surface area contributed by atoms with E-state index in [1.165, 1.54) is 87.7 Å². The Balaban J connectivity index is 1.16. The summed E-state index contributed by atoms with van der Waals surface area (Å²) in [6.07, 6.45) is 0. The van der Waals surface area contributed by atoms with E-state index in [0.29, 0.717) is 0 Å². The summed E-state index contributed by atoms with van der Waals surface area (Å²) in [7, 11) is 0. The second kappa shape index (κ2) is 11.3. The van der Waals surface area contributed by atoms with Gasteiger partial charge in [-0.2, -0.15) is 0 Å². The largest absolute Gasteiger partial charge is 0.309 e. The molecule has 3 heterocycles. The summed E-state index contributed by atoms with van der Waals surface area (Å²) in [5.74, 6) is 0. The third kappa shape index (κ3) is 4.34. The maximum atomic E-state index is 2.46. The zero-order valence-corrected chi connectivity index (χ0v) is 29.6. The highest BCUT2D eigenvalue weighted by Crippen LogP contribution is 2.42. The first kappa shape index (κ1) is 29.8. The van der Waals surface area contributed by atoms with Crippen LogP contribution >= 0.6 is 0 Å². The minimum absolute atomic E-state index is 1.16. The maximum absolute atomic E-state index is 2.46. The van der Waals surface area contributed by atoms with E-state index in [4.69, 9.17) is 0 Å². The van der Waals surface area contributed by atoms with Gasteiger partial charge in [0, 0.05) is 49.1 Å². The van der Waals surface area contributed by atoms with E-state index in [9.17, 15) is 0 Å². The fourth-order valence-electron chi connectivity index (χ4n) is 8.86. The SMILES string of the molecule is Cc1ccc2c(c1)c1cc(C)ccc1n2-c1ccc2c(c1)c1ccccc1n2-c1ccccc1-c1ccccc1-n1c2ccccc2c2ccccc21. The van der Waals surface area contributed by atoms with Crippen LogP contribution in [-0.4, -0.2) is 13.7 Å². The molecule has 0 fully saturated rings. The van der Waals surface area contributed by atoms with Gasteiger partial charge in [-0.1, -0.05) is 114 Å². The highest BCUT2D eigenvalue weighted by atomic mass is 15.0. The fraction of sp³-hybridized carbons (Fsp3) is 0.0400. The summed E-state index contributed by atoms with van der Waals surface area (Å²) in [5.41, 5.74) is 15.6. The number of para-hydroxylation sites is 5. The number of aryl methyl sites for hydroxylation is 2. The van der Waals surface area contributed by atoms with Gasteiger partial charge in [0.25, 0.3) is 0 Å². The van der Waals surface area contributed by atoms with Crippen molar-refractivity contribution in [3.8, 4) is 28.2 Å². The molecule has 3 nitrogen and oxygen atoms in total. The normalized spacial score (nSPS) is 12.0. The van der Waals surface area contributed by atoms with E-state index < -0.39 is 0 Å². The molecule has 250 valence electrons. The first-order valence-electron chi connectivity index (χ1n) is 18.4. The minimum atomic E-state index is 1.16. The molecule has 0 saturated carbocycles. The quantitative estimate of drug-likeness (QED) is 0.176. The highest BCUT2D eigenvalue weighted by Gasteiger charge is 2.21. The van der Waals surface area contributed by atoms with Crippen LogP contribution in [0.25, 0.3) is 93.6 Å². The summed E-state index contributed by atoms with van der Waals surface area (Å²) >= 11 is 0. The molecule has 0 unspecified atom stereocenters. The van der Waals surface area contributed by atoms with Crippen molar-refractivity contribution in [1.82, 2.24) is 13.7 Å². The smallest absolute Gasteiger partial charge is 0.0542 e. The lowest BCUT2D eigenvalue weighted by atomic mass is 10.0. The Bertz CT molecular complexity index is 3150. The molecule has 0 radical (unpaired) electrons. The van der Waals surface area contributed by atoms with Crippen LogP contribution in [0, 0.1) is 13.8 Å². The molecule has 3 heteroatoms. The molecule has 0 bridgehead atoms. The molecular weight excluding hydrogens is 643 g/mol.